The Hall–Kier alpha value is -1.72. The van der Waals surface area contributed by atoms with E-state index < -0.39 is 17.8 Å². The van der Waals surface area contributed by atoms with Crippen LogP contribution < -0.4 is 5.32 Å². The van der Waals surface area contributed by atoms with Crippen LogP contribution in [0.5, 0.6) is 0 Å². The maximum Gasteiger partial charge on any atom is 0.416 e. The zero-order valence-corrected chi connectivity index (χ0v) is 10.8. The smallest absolute Gasteiger partial charge is 0.416 e. The Morgan fingerprint density at radius 2 is 1.89 bits per heavy atom. The van der Waals surface area contributed by atoms with Gasteiger partial charge in [-0.15, -0.1) is 0 Å². The van der Waals surface area contributed by atoms with Gasteiger partial charge in [-0.25, -0.2) is 4.79 Å². The van der Waals surface area contributed by atoms with E-state index in [2.05, 4.69) is 5.32 Å². The number of alkyl halides is 3. The van der Waals surface area contributed by atoms with Crippen LogP contribution in [-0.2, 0) is 10.9 Å². The molecule has 1 atom stereocenters. The first-order valence-corrected chi connectivity index (χ1v) is 5.94. The predicted molar refractivity (Wildman–Crippen MR) is 65.9 cm³/mol. The highest BCUT2D eigenvalue weighted by molar-refractivity contribution is 5.84. The molecular formula is C13H16F3NO2. The molecule has 1 rings (SSSR count). The molecule has 1 aromatic carbocycles. The van der Waals surface area contributed by atoms with Gasteiger partial charge >= 0.3 is 12.3 Å². The number of amides is 1. The number of ether oxygens (including phenoxy) is 1. The highest BCUT2D eigenvalue weighted by Gasteiger charge is 2.29. The Balaban J connectivity index is 2.51. The van der Waals surface area contributed by atoms with Crippen molar-refractivity contribution in [1.29, 1.82) is 0 Å². The van der Waals surface area contributed by atoms with Crippen molar-refractivity contribution in [3.05, 3.63) is 29.8 Å². The standard InChI is InChI=1S/C13H16F3NO2/c1-3-9(2)8-19-12(18)17-11-6-4-10(5-7-11)13(14,15)16/h4-7,9H,3,8H2,1-2H3,(H,17,18)/t9-/m1/s1. The Kier molecular flexibility index (Phi) is 5.20. The summed E-state index contributed by atoms with van der Waals surface area (Å²) < 4.78 is 41.9. The molecular weight excluding hydrogens is 259 g/mol. The molecule has 3 nitrogen and oxygen atoms in total. The number of hydrogen-bond donors (Lipinski definition) is 1. The van der Waals surface area contributed by atoms with Crippen molar-refractivity contribution in [2.75, 3.05) is 11.9 Å². The Morgan fingerprint density at radius 3 is 2.37 bits per heavy atom. The maximum absolute atomic E-state index is 12.3. The third kappa shape index (κ3) is 5.19. The summed E-state index contributed by atoms with van der Waals surface area (Å²) in [5.74, 6) is 0.248. The Morgan fingerprint density at radius 1 is 1.32 bits per heavy atom. The molecule has 0 aromatic heterocycles. The van der Waals surface area contributed by atoms with Gasteiger partial charge in [0.15, 0.2) is 0 Å². The Labute approximate surface area is 109 Å². The molecule has 106 valence electrons. The van der Waals surface area contributed by atoms with E-state index in [1.54, 1.807) is 0 Å². The van der Waals surface area contributed by atoms with E-state index in [1.165, 1.54) is 12.1 Å². The third-order valence-corrected chi connectivity index (χ3v) is 2.65. The molecule has 0 aliphatic heterocycles. The molecule has 0 fully saturated rings. The molecule has 1 amide bonds. The number of rotatable bonds is 4. The van der Waals surface area contributed by atoms with E-state index >= 15 is 0 Å². The summed E-state index contributed by atoms with van der Waals surface area (Å²) in [5, 5.41) is 2.37. The normalized spacial score (nSPS) is 12.9. The van der Waals surface area contributed by atoms with Gasteiger partial charge in [-0.2, -0.15) is 13.2 Å². The third-order valence-electron chi connectivity index (χ3n) is 2.65. The molecule has 1 aromatic rings. The largest absolute Gasteiger partial charge is 0.449 e. The van der Waals surface area contributed by atoms with Crippen molar-refractivity contribution in [1.82, 2.24) is 0 Å². The summed E-state index contributed by atoms with van der Waals surface area (Å²) in [6.07, 6.45) is -4.16. The van der Waals surface area contributed by atoms with Crippen LogP contribution in [0.3, 0.4) is 0 Å². The first-order valence-electron chi connectivity index (χ1n) is 5.94. The quantitative estimate of drug-likeness (QED) is 0.889. The van der Waals surface area contributed by atoms with Crippen LogP contribution in [-0.4, -0.2) is 12.7 Å². The first-order chi connectivity index (χ1) is 8.82. The van der Waals surface area contributed by atoms with Crippen molar-refractivity contribution in [3.8, 4) is 0 Å². The molecule has 6 heteroatoms. The SMILES string of the molecule is CC[C@@H](C)COC(=O)Nc1ccc(C(F)(F)F)cc1. The molecule has 0 saturated heterocycles. The molecule has 19 heavy (non-hydrogen) atoms. The van der Waals surface area contributed by atoms with Crippen LogP contribution in [0, 0.1) is 5.92 Å². The maximum atomic E-state index is 12.3. The van der Waals surface area contributed by atoms with Gasteiger partial charge in [0.1, 0.15) is 0 Å². The lowest BCUT2D eigenvalue weighted by Crippen LogP contribution is -2.17. The average Bonchev–Trinajstić information content (AvgIpc) is 2.35. The number of carbonyl (C=O) groups is 1. The van der Waals surface area contributed by atoms with Crippen LogP contribution >= 0.6 is 0 Å². The van der Waals surface area contributed by atoms with Gasteiger partial charge < -0.3 is 4.74 Å². The summed E-state index contributed by atoms with van der Waals surface area (Å²) >= 11 is 0. The minimum atomic E-state index is -4.38. The van der Waals surface area contributed by atoms with E-state index in [4.69, 9.17) is 4.74 Å². The zero-order chi connectivity index (χ0) is 14.5. The summed E-state index contributed by atoms with van der Waals surface area (Å²) in [6.45, 7) is 4.19. The monoisotopic (exact) mass is 275 g/mol. The van der Waals surface area contributed by atoms with E-state index in [-0.39, 0.29) is 18.2 Å². The summed E-state index contributed by atoms with van der Waals surface area (Å²) in [4.78, 5) is 11.4. The summed E-state index contributed by atoms with van der Waals surface area (Å²) in [7, 11) is 0. The topological polar surface area (TPSA) is 38.3 Å². The zero-order valence-electron chi connectivity index (χ0n) is 10.8. The van der Waals surface area contributed by atoms with Crippen molar-refractivity contribution in [3.63, 3.8) is 0 Å². The number of benzene rings is 1. The van der Waals surface area contributed by atoms with Crippen LogP contribution in [0.25, 0.3) is 0 Å². The summed E-state index contributed by atoms with van der Waals surface area (Å²) in [5.41, 5.74) is -0.492. The predicted octanol–water partition coefficient (Wildman–Crippen LogP) is 4.30. The van der Waals surface area contributed by atoms with Gasteiger partial charge in [0, 0.05) is 5.69 Å². The van der Waals surface area contributed by atoms with Crippen LogP contribution in [0.1, 0.15) is 25.8 Å². The van der Waals surface area contributed by atoms with Crippen LogP contribution in [0.4, 0.5) is 23.7 Å². The lowest BCUT2D eigenvalue weighted by molar-refractivity contribution is -0.137. The molecule has 0 aliphatic rings. The van der Waals surface area contributed by atoms with Gasteiger partial charge in [0.05, 0.1) is 12.2 Å². The molecule has 0 bridgehead atoms. The van der Waals surface area contributed by atoms with Crippen LogP contribution in [0.15, 0.2) is 24.3 Å². The number of hydrogen-bond acceptors (Lipinski definition) is 2. The molecule has 0 spiro atoms. The lowest BCUT2D eigenvalue weighted by atomic mass is 10.1. The fraction of sp³-hybridized carbons (Fsp3) is 0.462. The fourth-order valence-electron chi connectivity index (χ4n) is 1.23. The van der Waals surface area contributed by atoms with Gasteiger partial charge in [-0.1, -0.05) is 20.3 Å². The van der Waals surface area contributed by atoms with E-state index in [9.17, 15) is 18.0 Å². The molecule has 0 aliphatic carbocycles. The highest BCUT2D eigenvalue weighted by Crippen LogP contribution is 2.29. The van der Waals surface area contributed by atoms with Crippen LogP contribution in [0.2, 0.25) is 0 Å². The number of anilines is 1. The molecule has 0 radical (unpaired) electrons. The fourth-order valence-corrected chi connectivity index (χ4v) is 1.23. The van der Waals surface area contributed by atoms with E-state index in [0.29, 0.717) is 0 Å². The number of halogens is 3. The number of nitrogens with one attached hydrogen (secondary N) is 1. The van der Waals surface area contributed by atoms with Gasteiger partial charge in [0.2, 0.25) is 0 Å². The van der Waals surface area contributed by atoms with Gasteiger partial charge in [-0.3, -0.25) is 5.32 Å². The molecule has 1 N–H and O–H groups in total. The minimum absolute atomic E-state index is 0.248. The lowest BCUT2D eigenvalue weighted by Gasteiger charge is -2.11. The highest BCUT2D eigenvalue weighted by atomic mass is 19.4. The molecule has 0 saturated carbocycles. The van der Waals surface area contributed by atoms with E-state index in [1.807, 2.05) is 13.8 Å². The van der Waals surface area contributed by atoms with Crippen molar-refractivity contribution in [2.24, 2.45) is 5.92 Å². The van der Waals surface area contributed by atoms with Crippen molar-refractivity contribution < 1.29 is 22.7 Å². The first kappa shape index (κ1) is 15.3. The minimum Gasteiger partial charge on any atom is -0.449 e. The second-order valence-corrected chi connectivity index (χ2v) is 4.31. The summed E-state index contributed by atoms with van der Waals surface area (Å²) in [6, 6.07) is 4.19. The average molecular weight is 275 g/mol. The van der Waals surface area contributed by atoms with Crippen molar-refractivity contribution >= 4 is 11.8 Å². The molecule has 0 unspecified atom stereocenters. The Bertz CT molecular complexity index is 415. The van der Waals surface area contributed by atoms with E-state index in [0.717, 1.165) is 18.6 Å². The van der Waals surface area contributed by atoms with Gasteiger partial charge in [0.25, 0.3) is 0 Å². The second kappa shape index (κ2) is 6.45. The van der Waals surface area contributed by atoms with Crippen molar-refractivity contribution in [2.45, 2.75) is 26.4 Å². The van der Waals surface area contributed by atoms with Gasteiger partial charge in [-0.05, 0) is 30.2 Å². The number of carbonyl (C=O) groups excluding carboxylic acids is 1. The second-order valence-electron chi connectivity index (χ2n) is 4.31. The molecule has 0 heterocycles.